The van der Waals surface area contributed by atoms with Gasteiger partial charge in [0, 0.05) is 6.42 Å². The van der Waals surface area contributed by atoms with Crippen molar-refractivity contribution < 1.29 is 4.74 Å². The van der Waals surface area contributed by atoms with E-state index in [1.54, 1.807) is 0 Å². The van der Waals surface area contributed by atoms with Gasteiger partial charge < -0.3 is 4.74 Å². The zero-order valence-electron chi connectivity index (χ0n) is 8.05. The van der Waals surface area contributed by atoms with Gasteiger partial charge >= 0.3 is 0 Å². The summed E-state index contributed by atoms with van der Waals surface area (Å²) in [4.78, 5) is 0. The summed E-state index contributed by atoms with van der Waals surface area (Å²) in [6, 6.07) is 8.51. The maximum absolute atomic E-state index is 5.88. The first-order chi connectivity index (χ1) is 6.91. The molecule has 3 rings (SSSR count). The molecular formula is C13H12O. The molecule has 1 unspecified atom stereocenters. The molecule has 1 aromatic carbocycles. The second kappa shape index (κ2) is 2.87. The molecule has 0 saturated carbocycles. The van der Waals surface area contributed by atoms with Gasteiger partial charge in [0.15, 0.2) is 5.60 Å². The van der Waals surface area contributed by atoms with E-state index in [1.165, 1.54) is 11.1 Å². The summed E-state index contributed by atoms with van der Waals surface area (Å²) in [6.07, 6.45) is 3.01. The molecule has 1 atom stereocenters. The van der Waals surface area contributed by atoms with E-state index < -0.39 is 0 Å². The van der Waals surface area contributed by atoms with Crippen LogP contribution in [0.25, 0.3) is 0 Å². The molecule has 0 amide bonds. The van der Waals surface area contributed by atoms with Gasteiger partial charge in [-0.1, -0.05) is 36.1 Å². The molecule has 1 heteroatoms. The summed E-state index contributed by atoms with van der Waals surface area (Å²) in [6.45, 7) is 0.779. The van der Waals surface area contributed by atoms with Crippen molar-refractivity contribution in [3.63, 3.8) is 0 Å². The first-order valence-electron chi connectivity index (χ1n) is 5.13. The average molecular weight is 184 g/mol. The van der Waals surface area contributed by atoms with Crippen LogP contribution in [0, 0.1) is 11.8 Å². The summed E-state index contributed by atoms with van der Waals surface area (Å²) in [5, 5.41) is 0. The summed E-state index contributed by atoms with van der Waals surface area (Å²) < 4.78 is 5.88. The lowest BCUT2D eigenvalue weighted by Gasteiger charge is -2.27. The predicted molar refractivity (Wildman–Crippen MR) is 54.8 cm³/mol. The summed E-state index contributed by atoms with van der Waals surface area (Å²) in [5.74, 6) is 6.46. The number of hydrogen-bond donors (Lipinski definition) is 0. The van der Waals surface area contributed by atoms with E-state index in [-0.39, 0.29) is 5.60 Å². The lowest BCUT2D eigenvalue weighted by Crippen LogP contribution is -2.27. The maximum Gasteiger partial charge on any atom is 0.154 e. The molecule has 0 radical (unpaired) electrons. The molecule has 0 N–H and O–H groups in total. The third kappa shape index (κ3) is 1.01. The van der Waals surface area contributed by atoms with Crippen molar-refractivity contribution in [3.8, 4) is 11.8 Å². The SMILES string of the molecule is C1#CC2(CCc3ccccc32)OCC1. The van der Waals surface area contributed by atoms with Gasteiger partial charge in [-0.05, 0) is 24.0 Å². The Morgan fingerprint density at radius 3 is 3.07 bits per heavy atom. The molecule has 1 aliphatic carbocycles. The minimum absolute atomic E-state index is 0.255. The fraction of sp³-hybridized carbons (Fsp3) is 0.385. The summed E-state index contributed by atoms with van der Waals surface area (Å²) in [7, 11) is 0. The molecule has 1 aromatic rings. The molecule has 0 bridgehead atoms. The van der Waals surface area contributed by atoms with E-state index in [0.29, 0.717) is 0 Å². The minimum atomic E-state index is -0.255. The van der Waals surface area contributed by atoms with Crippen molar-refractivity contribution in [2.75, 3.05) is 6.61 Å². The fourth-order valence-corrected chi connectivity index (χ4v) is 2.38. The van der Waals surface area contributed by atoms with Gasteiger partial charge in [0.05, 0.1) is 6.61 Å². The molecule has 1 aliphatic heterocycles. The Kier molecular flexibility index (Phi) is 1.65. The molecule has 1 nitrogen and oxygen atoms in total. The molecule has 0 saturated heterocycles. The van der Waals surface area contributed by atoms with Gasteiger partial charge in [0.2, 0.25) is 0 Å². The van der Waals surface area contributed by atoms with Crippen LogP contribution in [0.2, 0.25) is 0 Å². The zero-order chi connectivity index (χ0) is 9.43. The van der Waals surface area contributed by atoms with E-state index in [2.05, 4.69) is 36.1 Å². The smallest absolute Gasteiger partial charge is 0.154 e. The number of aryl methyl sites for hydroxylation is 1. The van der Waals surface area contributed by atoms with Crippen LogP contribution in [0.1, 0.15) is 24.0 Å². The van der Waals surface area contributed by atoms with Crippen LogP contribution in [-0.4, -0.2) is 6.61 Å². The molecule has 0 fully saturated rings. The van der Waals surface area contributed by atoms with Gasteiger partial charge in [-0.2, -0.15) is 0 Å². The Bertz CT molecular complexity index is 424. The standard InChI is InChI=1S/C13H12O/c1-2-6-12-11(5-1)7-9-13(12)8-3-4-10-14-13/h1-2,5-6H,4,7,9-10H2. The lowest BCUT2D eigenvalue weighted by molar-refractivity contribution is -0.00510. The first kappa shape index (κ1) is 8.08. The minimum Gasteiger partial charge on any atom is -0.357 e. The quantitative estimate of drug-likeness (QED) is 0.562. The number of fused-ring (bicyclic) bond motifs is 2. The molecular weight excluding hydrogens is 172 g/mol. The zero-order valence-corrected chi connectivity index (χ0v) is 8.05. The monoisotopic (exact) mass is 184 g/mol. The Balaban J connectivity index is 2.15. The predicted octanol–water partition coefficient (Wildman–Crippen LogP) is 2.25. The highest BCUT2D eigenvalue weighted by Crippen LogP contribution is 2.40. The van der Waals surface area contributed by atoms with Crippen LogP contribution >= 0.6 is 0 Å². The molecule has 70 valence electrons. The average Bonchev–Trinajstić information content (AvgIpc) is 2.60. The molecule has 1 heterocycles. The Hall–Kier alpha value is -1.26. The van der Waals surface area contributed by atoms with Gasteiger partial charge in [-0.25, -0.2) is 0 Å². The molecule has 0 aromatic heterocycles. The number of hydrogen-bond acceptors (Lipinski definition) is 1. The summed E-state index contributed by atoms with van der Waals surface area (Å²) in [5.41, 5.74) is 2.45. The second-order valence-electron chi connectivity index (χ2n) is 3.88. The van der Waals surface area contributed by atoms with Crippen LogP contribution in [0.15, 0.2) is 24.3 Å². The topological polar surface area (TPSA) is 9.23 Å². The van der Waals surface area contributed by atoms with Crippen molar-refractivity contribution in [3.05, 3.63) is 35.4 Å². The summed E-state index contributed by atoms with van der Waals surface area (Å²) >= 11 is 0. The van der Waals surface area contributed by atoms with Crippen molar-refractivity contribution in [2.45, 2.75) is 24.9 Å². The largest absolute Gasteiger partial charge is 0.357 e. The highest BCUT2D eigenvalue weighted by molar-refractivity contribution is 5.44. The molecule has 2 aliphatic rings. The van der Waals surface area contributed by atoms with E-state index in [0.717, 1.165) is 25.9 Å². The van der Waals surface area contributed by atoms with Gasteiger partial charge in [-0.3, -0.25) is 0 Å². The lowest BCUT2D eigenvalue weighted by atomic mass is 9.95. The number of rotatable bonds is 0. The molecule has 14 heavy (non-hydrogen) atoms. The van der Waals surface area contributed by atoms with Crippen LogP contribution in [0.4, 0.5) is 0 Å². The highest BCUT2D eigenvalue weighted by Gasteiger charge is 2.38. The van der Waals surface area contributed by atoms with E-state index in [4.69, 9.17) is 4.74 Å². The third-order valence-electron chi connectivity index (χ3n) is 3.06. The van der Waals surface area contributed by atoms with Crippen molar-refractivity contribution in [2.24, 2.45) is 0 Å². The van der Waals surface area contributed by atoms with Crippen LogP contribution < -0.4 is 0 Å². The van der Waals surface area contributed by atoms with Crippen molar-refractivity contribution in [1.82, 2.24) is 0 Å². The Morgan fingerprint density at radius 1 is 1.29 bits per heavy atom. The van der Waals surface area contributed by atoms with Gasteiger partial charge in [-0.15, -0.1) is 0 Å². The number of benzene rings is 1. The van der Waals surface area contributed by atoms with E-state index in [1.807, 2.05) is 0 Å². The van der Waals surface area contributed by atoms with Crippen LogP contribution in [0.3, 0.4) is 0 Å². The van der Waals surface area contributed by atoms with Crippen LogP contribution in [-0.2, 0) is 16.8 Å². The Labute approximate surface area is 84.1 Å². The Morgan fingerprint density at radius 2 is 2.21 bits per heavy atom. The molecule has 1 spiro atoms. The van der Waals surface area contributed by atoms with Crippen LogP contribution in [0.5, 0.6) is 0 Å². The third-order valence-corrected chi connectivity index (χ3v) is 3.06. The normalized spacial score (nSPS) is 28.3. The van der Waals surface area contributed by atoms with E-state index in [9.17, 15) is 0 Å². The van der Waals surface area contributed by atoms with Crippen molar-refractivity contribution >= 4 is 0 Å². The van der Waals surface area contributed by atoms with E-state index >= 15 is 0 Å². The number of ether oxygens (including phenoxy) is 1. The van der Waals surface area contributed by atoms with Crippen molar-refractivity contribution in [1.29, 1.82) is 0 Å². The highest BCUT2D eigenvalue weighted by atomic mass is 16.5. The maximum atomic E-state index is 5.88. The van der Waals surface area contributed by atoms with Gasteiger partial charge in [0.25, 0.3) is 0 Å². The fourth-order valence-electron chi connectivity index (χ4n) is 2.38. The first-order valence-corrected chi connectivity index (χ1v) is 5.13. The van der Waals surface area contributed by atoms with Gasteiger partial charge in [0.1, 0.15) is 0 Å². The second-order valence-corrected chi connectivity index (χ2v) is 3.88.